The molecule has 2 aromatic carbocycles. The van der Waals surface area contributed by atoms with Crippen LogP contribution < -0.4 is 10.2 Å². The van der Waals surface area contributed by atoms with Gasteiger partial charge in [-0.25, -0.2) is 9.18 Å². The molecule has 142 valence electrons. The number of hydrogen-bond acceptors (Lipinski definition) is 4. The van der Waals surface area contributed by atoms with Crippen LogP contribution in [-0.2, 0) is 0 Å². The minimum atomic E-state index is -1.15. The zero-order valence-electron chi connectivity index (χ0n) is 15.1. The third kappa shape index (κ3) is 4.25. The van der Waals surface area contributed by atoms with Crippen LogP contribution in [0.25, 0.3) is 0 Å². The standard InChI is InChI=1S/C20H22FN3O3/c1-2-23-9-11-24(12-10-23)14-7-8-18(16(13-14)20(26)27)22-19(25)15-5-3-4-6-17(15)21/h3-8,13H,2,9-12H2,1H3,(H,22,25)(H,26,27). The summed E-state index contributed by atoms with van der Waals surface area (Å²) in [5, 5.41) is 12.1. The van der Waals surface area contributed by atoms with Gasteiger partial charge in [0.25, 0.3) is 5.91 Å². The predicted octanol–water partition coefficient (Wildman–Crippen LogP) is 2.92. The number of nitrogens with one attached hydrogen (secondary N) is 1. The normalized spacial score (nSPS) is 14.8. The smallest absolute Gasteiger partial charge is 0.337 e. The van der Waals surface area contributed by atoms with E-state index in [4.69, 9.17) is 0 Å². The number of anilines is 2. The number of halogens is 1. The van der Waals surface area contributed by atoms with Crippen molar-refractivity contribution in [3.05, 3.63) is 59.4 Å². The third-order valence-electron chi connectivity index (χ3n) is 4.78. The van der Waals surface area contributed by atoms with E-state index in [1.165, 1.54) is 18.2 Å². The fourth-order valence-electron chi connectivity index (χ4n) is 3.17. The second-order valence-electron chi connectivity index (χ2n) is 6.39. The second kappa shape index (κ2) is 8.18. The molecule has 1 heterocycles. The summed E-state index contributed by atoms with van der Waals surface area (Å²) in [4.78, 5) is 28.5. The molecule has 0 bridgehead atoms. The largest absolute Gasteiger partial charge is 0.478 e. The van der Waals surface area contributed by atoms with Crippen LogP contribution in [0.3, 0.4) is 0 Å². The molecule has 3 rings (SSSR count). The van der Waals surface area contributed by atoms with Crippen LogP contribution in [0.1, 0.15) is 27.6 Å². The number of carboxylic acids is 1. The fourth-order valence-corrected chi connectivity index (χ4v) is 3.17. The molecule has 6 nitrogen and oxygen atoms in total. The molecule has 1 saturated heterocycles. The number of nitrogens with zero attached hydrogens (tertiary/aromatic N) is 2. The highest BCUT2D eigenvalue weighted by molar-refractivity contribution is 6.08. The van der Waals surface area contributed by atoms with Gasteiger partial charge in [0.1, 0.15) is 5.82 Å². The minimum absolute atomic E-state index is 0.0184. The van der Waals surface area contributed by atoms with Crippen molar-refractivity contribution in [3.63, 3.8) is 0 Å². The summed E-state index contributed by atoms with van der Waals surface area (Å²) in [6.45, 7) is 6.58. The molecule has 0 radical (unpaired) electrons. The number of carboxylic acid groups (broad SMARTS) is 1. The Kier molecular flexibility index (Phi) is 5.71. The van der Waals surface area contributed by atoms with Crippen molar-refractivity contribution in [2.24, 2.45) is 0 Å². The maximum Gasteiger partial charge on any atom is 0.337 e. The van der Waals surface area contributed by atoms with Crippen molar-refractivity contribution < 1.29 is 19.1 Å². The number of carbonyl (C=O) groups excluding carboxylic acids is 1. The Bertz CT molecular complexity index is 848. The van der Waals surface area contributed by atoms with Gasteiger partial charge in [-0.2, -0.15) is 0 Å². The maximum absolute atomic E-state index is 13.8. The highest BCUT2D eigenvalue weighted by Crippen LogP contribution is 2.25. The molecule has 1 fully saturated rings. The van der Waals surface area contributed by atoms with E-state index in [2.05, 4.69) is 22.0 Å². The Labute approximate surface area is 157 Å². The van der Waals surface area contributed by atoms with Gasteiger partial charge in [-0.1, -0.05) is 19.1 Å². The summed E-state index contributed by atoms with van der Waals surface area (Å²) in [5.74, 6) is -2.48. The SMILES string of the molecule is CCN1CCN(c2ccc(NC(=O)c3ccccc3F)c(C(=O)O)c2)CC1. The summed E-state index contributed by atoms with van der Waals surface area (Å²) in [6.07, 6.45) is 0. The molecule has 7 heteroatoms. The lowest BCUT2D eigenvalue weighted by molar-refractivity contribution is 0.0698. The number of amides is 1. The van der Waals surface area contributed by atoms with E-state index in [1.807, 2.05) is 0 Å². The van der Waals surface area contributed by atoms with Crippen LogP contribution in [0.5, 0.6) is 0 Å². The number of aromatic carboxylic acids is 1. The van der Waals surface area contributed by atoms with E-state index in [1.54, 1.807) is 24.3 Å². The van der Waals surface area contributed by atoms with Gasteiger partial charge >= 0.3 is 5.97 Å². The Morgan fingerprint density at radius 3 is 2.41 bits per heavy atom. The topological polar surface area (TPSA) is 72.9 Å². The summed E-state index contributed by atoms with van der Waals surface area (Å²) in [5.41, 5.74) is 0.794. The van der Waals surface area contributed by atoms with Crippen LogP contribution >= 0.6 is 0 Å². The van der Waals surface area contributed by atoms with E-state index in [0.717, 1.165) is 38.4 Å². The highest BCUT2D eigenvalue weighted by atomic mass is 19.1. The number of likely N-dealkylation sites (N-methyl/N-ethyl adjacent to an activating group) is 1. The number of benzene rings is 2. The van der Waals surface area contributed by atoms with E-state index in [0.29, 0.717) is 0 Å². The van der Waals surface area contributed by atoms with Crippen molar-refractivity contribution in [3.8, 4) is 0 Å². The Morgan fingerprint density at radius 1 is 1.07 bits per heavy atom. The predicted molar refractivity (Wildman–Crippen MR) is 102 cm³/mol. The maximum atomic E-state index is 13.8. The highest BCUT2D eigenvalue weighted by Gasteiger charge is 2.20. The average molecular weight is 371 g/mol. The molecule has 1 aliphatic heterocycles. The van der Waals surface area contributed by atoms with Crippen LogP contribution in [0, 0.1) is 5.82 Å². The monoisotopic (exact) mass is 371 g/mol. The molecule has 0 unspecified atom stereocenters. The minimum Gasteiger partial charge on any atom is -0.478 e. The molecule has 0 spiro atoms. The van der Waals surface area contributed by atoms with Gasteiger partial charge in [0.05, 0.1) is 16.8 Å². The summed E-state index contributed by atoms with van der Waals surface area (Å²) < 4.78 is 13.8. The van der Waals surface area contributed by atoms with Crippen molar-refractivity contribution >= 4 is 23.3 Å². The molecule has 0 aromatic heterocycles. The molecule has 1 amide bonds. The Balaban J connectivity index is 1.81. The van der Waals surface area contributed by atoms with Gasteiger partial charge in [0.2, 0.25) is 0 Å². The third-order valence-corrected chi connectivity index (χ3v) is 4.78. The molecule has 2 N–H and O–H groups in total. The van der Waals surface area contributed by atoms with Gasteiger partial charge in [-0.15, -0.1) is 0 Å². The van der Waals surface area contributed by atoms with Crippen LogP contribution in [-0.4, -0.2) is 54.6 Å². The molecule has 1 aliphatic rings. The first-order valence-electron chi connectivity index (χ1n) is 8.90. The van der Waals surface area contributed by atoms with E-state index in [9.17, 15) is 19.1 Å². The lowest BCUT2D eigenvalue weighted by Gasteiger charge is -2.35. The van der Waals surface area contributed by atoms with E-state index < -0.39 is 17.7 Å². The molecule has 0 aliphatic carbocycles. The fraction of sp³-hybridized carbons (Fsp3) is 0.300. The van der Waals surface area contributed by atoms with Gasteiger partial charge in [-0.3, -0.25) is 4.79 Å². The second-order valence-corrected chi connectivity index (χ2v) is 6.39. The molecule has 0 saturated carbocycles. The van der Waals surface area contributed by atoms with Gasteiger partial charge in [-0.05, 0) is 36.9 Å². The first kappa shape index (κ1) is 18.8. The van der Waals surface area contributed by atoms with Crippen LogP contribution in [0.15, 0.2) is 42.5 Å². The van der Waals surface area contributed by atoms with E-state index >= 15 is 0 Å². The molecule has 27 heavy (non-hydrogen) atoms. The quantitative estimate of drug-likeness (QED) is 0.846. The van der Waals surface area contributed by atoms with Crippen LogP contribution in [0.2, 0.25) is 0 Å². The van der Waals surface area contributed by atoms with Crippen molar-refractivity contribution in [1.82, 2.24) is 4.90 Å². The Morgan fingerprint density at radius 2 is 1.78 bits per heavy atom. The lowest BCUT2D eigenvalue weighted by Crippen LogP contribution is -2.46. The van der Waals surface area contributed by atoms with Crippen molar-refractivity contribution in [2.45, 2.75) is 6.92 Å². The molecular formula is C20H22FN3O3. The summed E-state index contributed by atoms with van der Waals surface area (Å²) in [7, 11) is 0. The zero-order chi connectivity index (χ0) is 19.4. The first-order chi connectivity index (χ1) is 13.0. The molecule has 2 aromatic rings. The number of hydrogen-bond donors (Lipinski definition) is 2. The van der Waals surface area contributed by atoms with Gasteiger partial charge in [0.15, 0.2) is 0 Å². The number of carbonyl (C=O) groups is 2. The molecule has 0 atom stereocenters. The summed E-state index contributed by atoms with van der Waals surface area (Å²) in [6, 6.07) is 10.5. The van der Waals surface area contributed by atoms with E-state index in [-0.39, 0.29) is 16.8 Å². The average Bonchev–Trinajstić information content (AvgIpc) is 2.68. The zero-order valence-corrected chi connectivity index (χ0v) is 15.1. The number of rotatable bonds is 5. The number of piperazine rings is 1. The van der Waals surface area contributed by atoms with Crippen molar-refractivity contribution in [2.75, 3.05) is 42.9 Å². The van der Waals surface area contributed by atoms with Crippen molar-refractivity contribution in [1.29, 1.82) is 0 Å². The molecular weight excluding hydrogens is 349 g/mol. The first-order valence-corrected chi connectivity index (χ1v) is 8.90. The lowest BCUT2D eigenvalue weighted by atomic mass is 10.1. The van der Waals surface area contributed by atoms with Gasteiger partial charge in [0, 0.05) is 31.9 Å². The van der Waals surface area contributed by atoms with Gasteiger partial charge < -0.3 is 20.2 Å². The Hall–Kier alpha value is -2.93. The van der Waals surface area contributed by atoms with Crippen LogP contribution in [0.4, 0.5) is 15.8 Å². The summed E-state index contributed by atoms with van der Waals surface area (Å²) >= 11 is 0.